The van der Waals surface area contributed by atoms with Gasteiger partial charge in [-0.05, 0) is 44.5 Å². The van der Waals surface area contributed by atoms with Crippen LogP contribution < -0.4 is 5.32 Å². The van der Waals surface area contributed by atoms with Gasteiger partial charge in [0, 0.05) is 6.54 Å². The molecule has 2 N–H and O–H groups in total. The minimum absolute atomic E-state index is 0.250. The van der Waals surface area contributed by atoms with Gasteiger partial charge in [0.15, 0.2) is 0 Å². The molecule has 106 valence electrons. The molecule has 1 aromatic heterocycles. The summed E-state index contributed by atoms with van der Waals surface area (Å²) >= 11 is 0. The van der Waals surface area contributed by atoms with E-state index < -0.39 is 5.97 Å². The van der Waals surface area contributed by atoms with Crippen LogP contribution in [-0.2, 0) is 6.54 Å². The second-order valence-electron chi connectivity index (χ2n) is 5.31. The Bertz CT molecular complexity index is 411. The largest absolute Gasteiger partial charge is 0.478 e. The van der Waals surface area contributed by atoms with E-state index in [2.05, 4.69) is 17.1 Å². The highest BCUT2D eigenvalue weighted by Crippen LogP contribution is 2.11. The second kappa shape index (κ2) is 6.73. The Balaban J connectivity index is 1.70. The van der Waals surface area contributed by atoms with Gasteiger partial charge in [-0.15, -0.1) is 0 Å². The lowest BCUT2D eigenvalue weighted by Gasteiger charge is -2.20. The van der Waals surface area contributed by atoms with Gasteiger partial charge in [-0.25, -0.2) is 4.79 Å². The molecule has 1 atom stereocenters. The molecule has 0 amide bonds. The molecule has 1 unspecified atom stereocenters. The summed E-state index contributed by atoms with van der Waals surface area (Å²) in [6.45, 7) is 7.09. The van der Waals surface area contributed by atoms with E-state index in [4.69, 9.17) is 9.52 Å². The summed E-state index contributed by atoms with van der Waals surface area (Å²) < 4.78 is 5.19. The van der Waals surface area contributed by atoms with Crippen molar-refractivity contribution in [3.63, 3.8) is 0 Å². The predicted octanol–water partition coefficient (Wildman–Crippen LogP) is 1.80. The van der Waals surface area contributed by atoms with Crippen molar-refractivity contribution in [3.05, 3.63) is 23.7 Å². The van der Waals surface area contributed by atoms with Gasteiger partial charge in [0.2, 0.25) is 0 Å². The predicted molar refractivity (Wildman–Crippen MR) is 72.2 cm³/mol. The van der Waals surface area contributed by atoms with Gasteiger partial charge in [0.05, 0.1) is 12.8 Å². The summed E-state index contributed by atoms with van der Waals surface area (Å²) in [5.41, 5.74) is 0.250. The van der Waals surface area contributed by atoms with Crippen LogP contribution in [0.15, 0.2) is 16.7 Å². The lowest BCUT2D eigenvalue weighted by Crippen LogP contribution is -2.31. The molecule has 5 heteroatoms. The molecule has 0 aliphatic carbocycles. The highest BCUT2D eigenvalue weighted by atomic mass is 16.4. The molecule has 2 heterocycles. The van der Waals surface area contributed by atoms with Crippen molar-refractivity contribution in [1.29, 1.82) is 0 Å². The zero-order valence-electron chi connectivity index (χ0n) is 11.4. The van der Waals surface area contributed by atoms with Crippen molar-refractivity contribution in [2.24, 2.45) is 5.92 Å². The van der Waals surface area contributed by atoms with Crippen molar-refractivity contribution in [3.8, 4) is 0 Å². The lowest BCUT2D eigenvalue weighted by atomic mass is 10.1. The number of hydrogen-bond donors (Lipinski definition) is 2. The fraction of sp³-hybridized carbons (Fsp3) is 0.643. The van der Waals surface area contributed by atoms with Gasteiger partial charge in [0.25, 0.3) is 0 Å². The van der Waals surface area contributed by atoms with Crippen LogP contribution in [0, 0.1) is 5.92 Å². The van der Waals surface area contributed by atoms with E-state index in [0.29, 0.717) is 18.2 Å². The van der Waals surface area contributed by atoms with Gasteiger partial charge in [-0.3, -0.25) is 0 Å². The Hall–Kier alpha value is -1.33. The third-order valence-electron chi connectivity index (χ3n) is 3.52. The molecule has 1 fully saturated rings. The van der Waals surface area contributed by atoms with Crippen molar-refractivity contribution >= 4 is 5.97 Å². The summed E-state index contributed by atoms with van der Waals surface area (Å²) in [6, 6.07) is 1.49. The maximum absolute atomic E-state index is 10.9. The average molecular weight is 266 g/mol. The van der Waals surface area contributed by atoms with Crippen molar-refractivity contribution in [1.82, 2.24) is 10.2 Å². The van der Waals surface area contributed by atoms with Gasteiger partial charge in [-0.1, -0.05) is 6.92 Å². The second-order valence-corrected chi connectivity index (χ2v) is 5.31. The number of carboxylic acids is 1. The molecule has 0 aromatic carbocycles. The zero-order chi connectivity index (χ0) is 13.7. The summed E-state index contributed by atoms with van der Waals surface area (Å²) in [7, 11) is 0. The van der Waals surface area contributed by atoms with Crippen LogP contribution in [0.5, 0.6) is 0 Å². The van der Waals surface area contributed by atoms with Gasteiger partial charge < -0.3 is 19.7 Å². The number of carboxylic acid groups (broad SMARTS) is 1. The van der Waals surface area contributed by atoms with Crippen LogP contribution in [0.2, 0.25) is 0 Å². The highest BCUT2D eigenvalue weighted by Gasteiger charge is 2.16. The number of aromatic carboxylic acids is 1. The Morgan fingerprint density at radius 3 is 2.95 bits per heavy atom. The molecule has 0 bridgehead atoms. The molecule has 19 heavy (non-hydrogen) atoms. The fourth-order valence-electron chi connectivity index (χ4n) is 2.57. The van der Waals surface area contributed by atoms with E-state index in [-0.39, 0.29) is 5.56 Å². The molecule has 0 radical (unpaired) electrons. The van der Waals surface area contributed by atoms with Gasteiger partial charge in [-0.2, -0.15) is 0 Å². The summed E-state index contributed by atoms with van der Waals surface area (Å²) in [6.07, 6.45) is 4.05. The Morgan fingerprint density at radius 2 is 2.26 bits per heavy atom. The van der Waals surface area contributed by atoms with Gasteiger partial charge >= 0.3 is 5.97 Å². The zero-order valence-corrected chi connectivity index (χ0v) is 11.4. The molecule has 0 saturated carbocycles. The Labute approximate surface area is 113 Å². The van der Waals surface area contributed by atoms with E-state index >= 15 is 0 Å². The molecule has 1 aliphatic heterocycles. The topological polar surface area (TPSA) is 65.7 Å². The minimum Gasteiger partial charge on any atom is -0.478 e. The van der Waals surface area contributed by atoms with Crippen LogP contribution in [0.4, 0.5) is 0 Å². The van der Waals surface area contributed by atoms with E-state index in [1.807, 2.05) is 0 Å². The first-order valence-electron chi connectivity index (χ1n) is 6.89. The maximum Gasteiger partial charge on any atom is 0.339 e. The molecule has 0 spiro atoms. The average Bonchev–Trinajstić information content (AvgIpc) is 2.99. The normalized spacial score (nSPS) is 17.7. The van der Waals surface area contributed by atoms with Crippen LogP contribution in [-0.4, -0.2) is 42.2 Å². The standard InChI is InChI=1S/C14H22N2O3/c1-11(10-16-5-2-3-6-16)8-15-9-13-12(14(17)18)4-7-19-13/h4,7,11,15H,2-3,5-6,8-10H2,1H3,(H,17,18). The molecule has 2 rings (SSSR count). The van der Waals surface area contributed by atoms with E-state index in [1.54, 1.807) is 0 Å². The number of likely N-dealkylation sites (tertiary alicyclic amines) is 1. The van der Waals surface area contributed by atoms with Crippen LogP contribution >= 0.6 is 0 Å². The van der Waals surface area contributed by atoms with Gasteiger partial charge in [0.1, 0.15) is 11.3 Å². The van der Waals surface area contributed by atoms with Crippen molar-refractivity contribution in [2.45, 2.75) is 26.3 Å². The molecule has 5 nitrogen and oxygen atoms in total. The fourth-order valence-corrected chi connectivity index (χ4v) is 2.57. The SMILES string of the molecule is CC(CNCc1occc1C(=O)O)CN1CCCC1. The summed E-state index contributed by atoms with van der Waals surface area (Å²) in [5, 5.41) is 12.2. The molecule has 1 aliphatic rings. The first-order valence-corrected chi connectivity index (χ1v) is 6.89. The molecular weight excluding hydrogens is 244 g/mol. The number of nitrogens with zero attached hydrogens (tertiary/aromatic N) is 1. The summed E-state index contributed by atoms with van der Waals surface area (Å²) in [4.78, 5) is 13.4. The number of rotatable bonds is 7. The first-order chi connectivity index (χ1) is 9.16. The number of nitrogens with one attached hydrogen (secondary N) is 1. The first kappa shape index (κ1) is 14.1. The smallest absolute Gasteiger partial charge is 0.339 e. The summed E-state index contributed by atoms with van der Waals surface area (Å²) in [5.74, 6) is 0.123. The Morgan fingerprint density at radius 1 is 1.53 bits per heavy atom. The quantitative estimate of drug-likeness (QED) is 0.788. The van der Waals surface area contributed by atoms with Crippen molar-refractivity contribution < 1.29 is 14.3 Å². The van der Waals surface area contributed by atoms with Crippen LogP contribution in [0.1, 0.15) is 35.9 Å². The lowest BCUT2D eigenvalue weighted by molar-refractivity contribution is 0.0694. The molecular formula is C14H22N2O3. The van der Waals surface area contributed by atoms with Crippen molar-refractivity contribution in [2.75, 3.05) is 26.2 Å². The Kier molecular flexibility index (Phi) is 4.99. The minimum atomic E-state index is -0.935. The van der Waals surface area contributed by atoms with E-state index in [1.165, 1.54) is 38.3 Å². The van der Waals surface area contributed by atoms with E-state index in [9.17, 15) is 4.79 Å². The molecule has 1 aromatic rings. The number of carbonyl (C=O) groups is 1. The van der Waals surface area contributed by atoms with Crippen LogP contribution in [0.25, 0.3) is 0 Å². The number of hydrogen-bond acceptors (Lipinski definition) is 4. The third-order valence-corrected chi connectivity index (χ3v) is 3.52. The molecule has 1 saturated heterocycles. The highest BCUT2D eigenvalue weighted by molar-refractivity contribution is 5.88. The third kappa shape index (κ3) is 4.08. The number of furan rings is 1. The van der Waals surface area contributed by atoms with Crippen LogP contribution in [0.3, 0.4) is 0 Å². The monoisotopic (exact) mass is 266 g/mol. The maximum atomic E-state index is 10.9. The van der Waals surface area contributed by atoms with E-state index in [0.717, 1.165) is 13.1 Å².